The monoisotopic (exact) mass is 130 g/mol. The van der Waals surface area contributed by atoms with Crippen molar-refractivity contribution in [1.29, 1.82) is 0 Å². The van der Waals surface area contributed by atoms with Crippen LogP contribution in [0, 0.1) is 0 Å². The summed E-state index contributed by atoms with van der Waals surface area (Å²) in [5, 5.41) is 0. The lowest BCUT2D eigenvalue weighted by Gasteiger charge is -1.78. The van der Waals surface area contributed by atoms with Crippen LogP contribution in [-0.4, -0.2) is 5.80 Å². The summed E-state index contributed by atoms with van der Waals surface area (Å²) in [7, 11) is 3.14. The average Bonchev–Trinajstić information content (AvgIpc) is 1.68. The van der Waals surface area contributed by atoms with Gasteiger partial charge >= 0.3 is 0 Å². The number of allylic oxidation sites excluding steroid dienone is 2. The molecular weight excluding hydrogens is 123 g/mol. The van der Waals surface area contributed by atoms with Gasteiger partial charge in [0.25, 0.3) is 0 Å². The largest absolute Gasteiger partial charge is 0.143 e. The van der Waals surface area contributed by atoms with Gasteiger partial charge in [0.05, 0.1) is 0 Å². The van der Waals surface area contributed by atoms with E-state index in [1.807, 2.05) is 0 Å². The molecule has 0 saturated carbocycles. The summed E-state index contributed by atoms with van der Waals surface area (Å²) in [6.45, 7) is 3.49. The molecule has 0 aromatic carbocycles. The SMILES string of the molecule is C=C/C(S)=C\C=P. The molecule has 0 heterocycles. The van der Waals surface area contributed by atoms with Crippen molar-refractivity contribution in [3.05, 3.63) is 23.6 Å². The van der Waals surface area contributed by atoms with Crippen LogP contribution in [0.1, 0.15) is 0 Å². The maximum atomic E-state index is 3.99. The van der Waals surface area contributed by atoms with E-state index >= 15 is 0 Å². The van der Waals surface area contributed by atoms with E-state index in [4.69, 9.17) is 0 Å². The standard InChI is InChI=1S/C5H7PS/c1-2-5(7)3-4-6/h2-4,6-7H,1H2/b5-3+. The molecule has 0 fully saturated rings. The zero-order valence-electron chi connectivity index (χ0n) is 3.89. The minimum Gasteiger partial charge on any atom is -0.143 e. The minimum absolute atomic E-state index is 0.856. The third-order valence-corrected chi connectivity index (χ3v) is 0.962. The molecular formula is C5H7PS. The first kappa shape index (κ1) is 7.00. The molecule has 38 valence electrons. The van der Waals surface area contributed by atoms with E-state index in [9.17, 15) is 0 Å². The number of hydrogen-bond acceptors (Lipinski definition) is 1. The summed E-state index contributed by atoms with van der Waals surface area (Å²) in [5.41, 5.74) is 0. The molecule has 0 amide bonds. The van der Waals surface area contributed by atoms with Crippen molar-refractivity contribution in [2.45, 2.75) is 0 Å². The van der Waals surface area contributed by atoms with Crippen molar-refractivity contribution in [2.75, 3.05) is 0 Å². The van der Waals surface area contributed by atoms with Crippen molar-refractivity contribution >= 4 is 27.3 Å². The van der Waals surface area contributed by atoms with E-state index in [1.165, 1.54) is 0 Å². The number of thiol groups is 1. The van der Waals surface area contributed by atoms with Crippen LogP contribution in [0.3, 0.4) is 0 Å². The second-order valence-corrected chi connectivity index (χ2v) is 1.81. The highest BCUT2D eigenvalue weighted by Crippen LogP contribution is 1.97. The summed E-state index contributed by atoms with van der Waals surface area (Å²) in [4.78, 5) is 0.856. The Bertz CT molecular complexity index is 105. The van der Waals surface area contributed by atoms with Gasteiger partial charge in [-0.05, 0) is 11.9 Å². The van der Waals surface area contributed by atoms with Crippen molar-refractivity contribution in [1.82, 2.24) is 0 Å². The van der Waals surface area contributed by atoms with Gasteiger partial charge in [-0.25, -0.2) is 0 Å². The summed E-state index contributed by atoms with van der Waals surface area (Å²) < 4.78 is 0. The molecule has 0 bridgehead atoms. The van der Waals surface area contributed by atoms with Gasteiger partial charge in [0.15, 0.2) is 0 Å². The molecule has 0 aromatic rings. The van der Waals surface area contributed by atoms with E-state index in [-0.39, 0.29) is 0 Å². The molecule has 0 atom stereocenters. The molecule has 0 unspecified atom stereocenters. The predicted molar refractivity (Wildman–Crippen MR) is 41.6 cm³/mol. The molecule has 0 aliphatic rings. The van der Waals surface area contributed by atoms with Gasteiger partial charge in [-0.2, -0.15) is 0 Å². The van der Waals surface area contributed by atoms with E-state index < -0.39 is 0 Å². The summed E-state index contributed by atoms with van der Waals surface area (Å²) in [6, 6.07) is 0. The first-order valence-electron chi connectivity index (χ1n) is 1.83. The fraction of sp³-hybridized carbons (Fsp3) is 0. The van der Waals surface area contributed by atoms with Gasteiger partial charge in [0.1, 0.15) is 0 Å². The molecule has 0 nitrogen and oxygen atoms in total. The highest BCUT2D eigenvalue weighted by Gasteiger charge is 1.70. The van der Waals surface area contributed by atoms with E-state index in [0.717, 1.165) is 4.91 Å². The molecule has 0 aromatic heterocycles. The Morgan fingerprint density at radius 1 is 1.71 bits per heavy atom. The van der Waals surface area contributed by atoms with E-state index in [0.29, 0.717) is 0 Å². The van der Waals surface area contributed by atoms with Crippen LogP contribution in [0.5, 0.6) is 0 Å². The Morgan fingerprint density at radius 3 is 2.43 bits per heavy atom. The van der Waals surface area contributed by atoms with Crippen molar-refractivity contribution < 1.29 is 0 Å². The number of rotatable bonds is 2. The Balaban J connectivity index is 3.72. The minimum atomic E-state index is 0.856. The van der Waals surface area contributed by atoms with Crippen LogP contribution in [0.4, 0.5) is 0 Å². The normalized spacial score (nSPS) is 10.7. The molecule has 2 heteroatoms. The van der Waals surface area contributed by atoms with Gasteiger partial charge in [0.2, 0.25) is 0 Å². The molecule has 0 radical (unpaired) electrons. The Labute approximate surface area is 51.6 Å². The van der Waals surface area contributed by atoms with Crippen LogP contribution in [0.2, 0.25) is 0 Å². The zero-order chi connectivity index (χ0) is 5.70. The Kier molecular flexibility index (Phi) is 4.17. The van der Waals surface area contributed by atoms with Gasteiger partial charge in [-0.3, -0.25) is 0 Å². The Morgan fingerprint density at radius 2 is 2.29 bits per heavy atom. The molecule has 0 aliphatic carbocycles. The lowest BCUT2D eigenvalue weighted by Crippen LogP contribution is -1.58. The second kappa shape index (κ2) is 4.17. The molecule has 0 aliphatic heterocycles. The lowest BCUT2D eigenvalue weighted by atomic mass is 10.5. The lowest BCUT2D eigenvalue weighted by molar-refractivity contribution is 2.03. The first-order valence-corrected chi connectivity index (χ1v) is 2.86. The van der Waals surface area contributed by atoms with Gasteiger partial charge in [-0.15, -0.1) is 21.5 Å². The summed E-state index contributed by atoms with van der Waals surface area (Å²) in [5.74, 6) is 1.73. The molecule has 0 N–H and O–H groups in total. The van der Waals surface area contributed by atoms with E-state index in [1.54, 1.807) is 17.9 Å². The fourth-order valence-corrected chi connectivity index (χ4v) is 0.548. The topological polar surface area (TPSA) is 0 Å². The predicted octanol–water partition coefficient (Wildman–Crippen LogP) is 1.93. The third kappa shape index (κ3) is 3.84. The molecule has 0 rings (SSSR count). The van der Waals surface area contributed by atoms with Crippen LogP contribution in [0.15, 0.2) is 23.6 Å². The first-order chi connectivity index (χ1) is 3.31. The van der Waals surface area contributed by atoms with Gasteiger partial charge in [0, 0.05) is 4.91 Å². The van der Waals surface area contributed by atoms with Gasteiger partial charge < -0.3 is 0 Å². The van der Waals surface area contributed by atoms with Crippen LogP contribution in [-0.2, 0) is 0 Å². The molecule has 0 spiro atoms. The zero-order valence-corrected chi connectivity index (χ0v) is 5.78. The fourth-order valence-electron chi connectivity index (χ4n) is 0.153. The third-order valence-electron chi connectivity index (χ3n) is 0.463. The van der Waals surface area contributed by atoms with Crippen molar-refractivity contribution in [3.8, 4) is 0 Å². The number of hydrogen-bond donors (Lipinski definition) is 1. The maximum Gasteiger partial charge on any atom is 0.00373 e. The highest BCUT2D eigenvalue weighted by molar-refractivity contribution is 7.84. The second-order valence-electron chi connectivity index (χ2n) is 0.962. The molecule has 7 heavy (non-hydrogen) atoms. The van der Waals surface area contributed by atoms with Crippen LogP contribution in [0.25, 0.3) is 0 Å². The smallest absolute Gasteiger partial charge is 0.00373 e. The average molecular weight is 130 g/mol. The van der Waals surface area contributed by atoms with Gasteiger partial charge in [-0.1, -0.05) is 12.7 Å². The van der Waals surface area contributed by atoms with Crippen molar-refractivity contribution in [3.63, 3.8) is 0 Å². The summed E-state index contributed by atoms with van der Waals surface area (Å²) in [6.07, 6.45) is 3.47. The van der Waals surface area contributed by atoms with Crippen LogP contribution < -0.4 is 0 Å². The van der Waals surface area contributed by atoms with Crippen molar-refractivity contribution in [2.24, 2.45) is 0 Å². The summed E-state index contributed by atoms with van der Waals surface area (Å²) >= 11 is 3.99. The highest BCUT2D eigenvalue weighted by atomic mass is 32.1. The van der Waals surface area contributed by atoms with E-state index in [2.05, 4.69) is 28.1 Å². The molecule has 0 saturated heterocycles. The Hall–Kier alpha value is -0.0000000000000000555. The quantitative estimate of drug-likeness (QED) is 0.329. The van der Waals surface area contributed by atoms with Crippen LogP contribution >= 0.6 is 21.5 Å². The maximum absolute atomic E-state index is 3.99.